The molecular formula is C18H28N4OS. The van der Waals surface area contributed by atoms with Crippen LogP contribution in [-0.2, 0) is 4.79 Å². The molecule has 1 aliphatic carbocycles. The summed E-state index contributed by atoms with van der Waals surface area (Å²) in [6, 6.07) is 10.8. The van der Waals surface area contributed by atoms with Crippen molar-refractivity contribution in [2.24, 2.45) is 4.99 Å². The first-order valence-corrected chi connectivity index (χ1v) is 9.56. The van der Waals surface area contributed by atoms with Crippen molar-refractivity contribution < 1.29 is 4.79 Å². The molecule has 2 N–H and O–H groups in total. The second kappa shape index (κ2) is 10.2. The van der Waals surface area contributed by atoms with Gasteiger partial charge in [-0.2, -0.15) is 0 Å². The number of nitrogens with one attached hydrogen (secondary N) is 2. The van der Waals surface area contributed by atoms with Crippen molar-refractivity contribution in [1.82, 2.24) is 15.5 Å². The number of nitrogens with zero attached hydrogens (tertiary/aromatic N) is 2. The monoisotopic (exact) mass is 348 g/mol. The summed E-state index contributed by atoms with van der Waals surface area (Å²) in [6.45, 7) is 0.995. The van der Waals surface area contributed by atoms with Crippen LogP contribution in [-0.4, -0.2) is 55.7 Å². The minimum atomic E-state index is 0.0150. The number of aliphatic imine (C=N–C) groups is 1. The summed E-state index contributed by atoms with van der Waals surface area (Å²) in [7, 11) is 3.51. The lowest BCUT2D eigenvalue weighted by molar-refractivity contribution is -0.127. The number of hydrogen-bond donors (Lipinski definition) is 2. The zero-order valence-electron chi connectivity index (χ0n) is 14.6. The molecule has 1 amide bonds. The van der Waals surface area contributed by atoms with E-state index in [2.05, 4.69) is 39.9 Å². The van der Waals surface area contributed by atoms with E-state index >= 15 is 0 Å². The Morgan fingerprint density at radius 2 is 1.96 bits per heavy atom. The van der Waals surface area contributed by atoms with Crippen LogP contribution in [0.3, 0.4) is 0 Å². The molecule has 1 aromatic carbocycles. The van der Waals surface area contributed by atoms with E-state index in [1.54, 1.807) is 19.0 Å². The quantitative estimate of drug-likeness (QED) is 0.344. The second-order valence-corrected chi connectivity index (χ2v) is 7.34. The van der Waals surface area contributed by atoms with Crippen LogP contribution in [0, 0.1) is 0 Å². The van der Waals surface area contributed by atoms with E-state index in [0.29, 0.717) is 6.04 Å². The highest BCUT2D eigenvalue weighted by atomic mass is 32.2. The van der Waals surface area contributed by atoms with Gasteiger partial charge in [-0.3, -0.25) is 4.79 Å². The summed E-state index contributed by atoms with van der Waals surface area (Å²) in [4.78, 5) is 19.0. The number of likely N-dealkylation sites (N-methyl/N-ethyl adjacent to an activating group) is 1. The summed E-state index contributed by atoms with van der Waals surface area (Å²) in [6.07, 6.45) is 4.90. The standard InChI is InChI=1S/C18H28N4OS/c1-22(2)17(23)14-20-18(21-15-8-6-7-9-15)19-12-13-24-16-10-4-3-5-11-16/h3-5,10-11,15H,6-9,12-14H2,1-2H3,(H2,19,20,21). The highest BCUT2D eigenvalue weighted by Gasteiger charge is 2.16. The molecule has 0 heterocycles. The van der Waals surface area contributed by atoms with E-state index in [9.17, 15) is 4.79 Å². The smallest absolute Gasteiger partial charge is 0.243 e. The third-order valence-electron chi connectivity index (χ3n) is 3.97. The molecule has 1 aliphatic rings. The second-order valence-electron chi connectivity index (χ2n) is 6.17. The average Bonchev–Trinajstić information content (AvgIpc) is 3.09. The molecule has 0 unspecified atom stereocenters. The molecule has 0 saturated heterocycles. The maximum Gasteiger partial charge on any atom is 0.243 e. The molecule has 132 valence electrons. The number of rotatable bonds is 7. The van der Waals surface area contributed by atoms with Crippen molar-refractivity contribution in [2.45, 2.75) is 36.6 Å². The average molecular weight is 349 g/mol. The Balaban J connectivity index is 1.80. The lowest BCUT2D eigenvalue weighted by Gasteiger charge is -2.18. The molecule has 1 fully saturated rings. The molecule has 0 aromatic heterocycles. The van der Waals surface area contributed by atoms with Crippen LogP contribution < -0.4 is 10.6 Å². The number of carbonyl (C=O) groups is 1. The zero-order chi connectivity index (χ0) is 17.2. The third kappa shape index (κ3) is 6.83. The Morgan fingerprint density at radius 3 is 2.62 bits per heavy atom. The Morgan fingerprint density at radius 1 is 1.25 bits per heavy atom. The lowest BCUT2D eigenvalue weighted by atomic mass is 10.2. The summed E-state index contributed by atoms with van der Waals surface area (Å²) in [5.41, 5.74) is 0. The first-order chi connectivity index (χ1) is 11.6. The normalized spacial score (nSPS) is 15.3. The van der Waals surface area contributed by atoms with Crippen molar-refractivity contribution in [3.8, 4) is 0 Å². The summed E-state index contributed by atoms with van der Waals surface area (Å²) in [5, 5.41) is 6.83. The lowest BCUT2D eigenvalue weighted by Crippen LogP contribution is -2.43. The minimum absolute atomic E-state index is 0.0150. The highest BCUT2D eigenvalue weighted by Crippen LogP contribution is 2.17. The summed E-state index contributed by atoms with van der Waals surface area (Å²) >= 11 is 1.81. The van der Waals surface area contributed by atoms with Crippen molar-refractivity contribution in [2.75, 3.05) is 32.9 Å². The fraction of sp³-hybridized carbons (Fsp3) is 0.556. The van der Waals surface area contributed by atoms with Gasteiger partial charge in [0.05, 0.1) is 0 Å². The first-order valence-electron chi connectivity index (χ1n) is 8.58. The summed E-state index contributed by atoms with van der Waals surface area (Å²) < 4.78 is 0. The van der Waals surface area contributed by atoms with Gasteiger partial charge in [-0.25, -0.2) is 4.99 Å². The molecule has 0 atom stereocenters. The van der Waals surface area contributed by atoms with E-state index in [4.69, 9.17) is 0 Å². The Bertz CT molecular complexity index is 527. The number of benzene rings is 1. The van der Waals surface area contributed by atoms with Gasteiger partial charge in [-0.05, 0) is 25.0 Å². The van der Waals surface area contributed by atoms with E-state index in [-0.39, 0.29) is 12.5 Å². The van der Waals surface area contributed by atoms with Gasteiger partial charge in [0.2, 0.25) is 5.91 Å². The zero-order valence-corrected chi connectivity index (χ0v) is 15.4. The van der Waals surface area contributed by atoms with Crippen molar-refractivity contribution in [1.29, 1.82) is 0 Å². The number of amides is 1. The van der Waals surface area contributed by atoms with E-state index in [1.165, 1.54) is 30.6 Å². The fourth-order valence-electron chi connectivity index (χ4n) is 2.56. The van der Waals surface area contributed by atoms with Gasteiger partial charge in [0.15, 0.2) is 5.96 Å². The Hall–Kier alpha value is -1.69. The molecule has 2 rings (SSSR count). The number of carbonyl (C=O) groups excluding carboxylic acids is 1. The van der Waals surface area contributed by atoms with E-state index in [0.717, 1.165) is 18.3 Å². The van der Waals surface area contributed by atoms with Gasteiger partial charge in [0, 0.05) is 37.3 Å². The van der Waals surface area contributed by atoms with Crippen LogP contribution in [0.2, 0.25) is 0 Å². The number of hydrogen-bond acceptors (Lipinski definition) is 3. The number of guanidine groups is 1. The van der Waals surface area contributed by atoms with Crippen LogP contribution in [0.1, 0.15) is 25.7 Å². The van der Waals surface area contributed by atoms with Gasteiger partial charge in [0.1, 0.15) is 6.54 Å². The molecule has 0 spiro atoms. The van der Waals surface area contributed by atoms with Crippen LogP contribution in [0.15, 0.2) is 40.2 Å². The van der Waals surface area contributed by atoms with Gasteiger partial charge in [-0.15, -0.1) is 11.8 Å². The minimum Gasteiger partial charge on any atom is -0.356 e. The van der Waals surface area contributed by atoms with Crippen molar-refractivity contribution >= 4 is 23.6 Å². The molecule has 1 aromatic rings. The summed E-state index contributed by atoms with van der Waals surface area (Å²) in [5.74, 6) is 1.73. The molecular weight excluding hydrogens is 320 g/mol. The largest absolute Gasteiger partial charge is 0.356 e. The van der Waals surface area contributed by atoms with Crippen LogP contribution in [0.25, 0.3) is 0 Å². The van der Waals surface area contributed by atoms with E-state index < -0.39 is 0 Å². The van der Waals surface area contributed by atoms with Crippen LogP contribution in [0.5, 0.6) is 0 Å². The van der Waals surface area contributed by atoms with Gasteiger partial charge < -0.3 is 15.5 Å². The number of thioether (sulfide) groups is 1. The van der Waals surface area contributed by atoms with Gasteiger partial charge >= 0.3 is 0 Å². The maximum absolute atomic E-state index is 11.8. The Kier molecular flexibility index (Phi) is 7.95. The highest BCUT2D eigenvalue weighted by molar-refractivity contribution is 7.99. The third-order valence-corrected chi connectivity index (χ3v) is 4.99. The Labute approximate surface area is 149 Å². The molecule has 24 heavy (non-hydrogen) atoms. The molecule has 5 nitrogen and oxygen atoms in total. The maximum atomic E-state index is 11.8. The van der Waals surface area contributed by atoms with E-state index in [1.807, 2.05) is 17.8 Å². The SMILES string of the molecule is CN(C)C(=O)CN=C(NCCSc1ccccc1)NC1CCCC1. The topological polar surface area (TPSA) is 56.7 Å². The van der Waals surface area contributed by atoms with Crippen molar-refractivity contribution in [3.63, 3.8) is 0 Å². The van der Waals surface area contributed by atoms with Gasteiger partial charge in [0.25, 0.3) is 0 Å². The molecule has 0 radical (unpaired) electrons. The van der Waals surface area contributed by atoms with Crippen LogP contribution in [0.4, 0.5) is 0 Å². The first kappa shape index (κ1) is 18.6. The molecule has 0 bridgehead atoms. The predicted molar refractivity (Wildman–Crippen MR) is 102 cm³/mol. The molecule has 1 saturated carbocycles. The molecule has 0 aliphatic heterocycles. The predicted octanol–water partition coefficient (Wildman–Crippen LogP) is 2.34. The van der Waals surface area contributed by atoms with Gasteiger partial charge in [-0.1, -0.05) is 31.0 Å². The van der Waals surface area contributed by atoms with Crippen molar-refractivity contribution in [3.05, 3.63) is 30.3 Å². The fourth-order valence-corrected chi connectivity index (χ4v) is 3.35. The molecule has 6 heteroatoms. The van der Waals surface area contributed by atoms with Crippen LogP contribution >= 0.6 is 11.8 Å².